The first kappa shape index (κ1) is 10.1. The maximum Gasteiger partial charge on any atom is 0.0959 e. The zero-order valence-electron chi connectivity index (χ0n) is 8.86. The number of aromatic nitrogens is 1. The molecule has 1 aromatic rings. The number of rotatable bonds is 2. The van der Waals surface area contributed by atoms with Crippen LogP contribution in [0, 0.1) is 5.92 Å². The van der Waals surface area contributed by atoms with Gasteiger partial charge in [-0.3, -0.25) is 0 Å². The molecule has 1 saturated carbocycles. The van der Waals surface area contributed by atoms with E-state index in [0.29, 0.717) is 12.0 Å². The van der Waals surface area contributed by atoms with Gasteiger partial charge in [-0.1, -0.05) is 6.92 Å². The molecule has 2 nitrogen and oxygen atoms in total. The highest BCUT2D eigenvalue weighted by Crippen LogP contribution is 2.38. The molecule has 3 heteroatoms. The predicted octanol–water partition coefficient (Wildman–Crippen LogP) is 2.63. The van der Waals surface area contributed by atoms with Crippen molar-refractivity contribution in [3.8, 4) is 0 Å². The normalized spacial score (nSPS) is 33.1. The fraction of sp³-hybridized carbons (Fsp3) is 0.727. The van der Waals surface area contributed by atoms with Gasteiger partial charge in [0.1, 0.15) is 0 Å². The van der Waals surface area contributed by atoms with Gasteiger partial charge in [-0.25, -0.2) is 4.98 Å². The number of nitrogens with zero attached hydrogens (tertiary/aromatic N) is 1. The first-order valence-electron chi connectivity index (χ1n) is 5.38. The molecule has 1 aliphatic rings. The van der Waals surface area contributed by atoms with Crippen molar-refractivity contribution in [2.24, 2.45) is 5.92 Å². The summed E-state index contributed by atoms with van der Waals surface area (Å²) in [7, 11) is 2.07. The Labute approximate surface area is 89.8 Å². The molecule has 78 valence electrons. The Morgan fingerprint density at radius 2 is 2.36 bits per heavy atom. The van der Waals surface area contributed by atoms with Crippen molar-refractivity contribution >= 4 is 11.3 Å². The first-order valence-corrected chi connectivity index (χ1v) is 6.26. The van der Waals surface area contributed by atoms with E-state index in [9.17, 15) is 0 Å². The van der Waals surface area contributed by atoms with Crippen molar-refractivity contribution in [2.75, 3.05) is 7.05 Å². The lowest BCUT2D eigenvalue weighted by molar-refractivity contribution is 0.276. The zero-order chi connectivity index (χ0) is 9.97. The van der Waals surface area contributed by atoms with Crippen LogP contribution in [0.4, 0.5) is 0 Å². The summed E-state index contributed by atoms with van der Waals surface area (Å²) in [5.41, 5.74) is 0. The molecule has 3 unspecified atom stereocenters. The zero-order valence-corrected chi connectivity index (χ0v) is 9.68. The van der Waals surface area contributed by atoms with Crippen molar-refractivity contribution in [2.45, 2.75) is 38.1 Å². The third-order valence-corrected chi connectivity index (χ3v) is 4.28. The Kier molecular flexibility index (Phi) is 3.19. The monoisotopic (exact) mass is 210 g/mol. The van der Waals surface area contributed by atoms with Crippen LogP contribution >= 0.6 is 11.3 Å². The molecule has 2 rings (SSSR count). The van der Waals surface area contributed by atoms with Crippen molar-refractivity contribution < 1.29 is 0 Å². The van der Waals surface area contributed by atoms with Crippen LogP contribution in [0.3, 0.4) is 0 Å². The van der Waals surface area contributed by atoms with Crippen LogP contribution in [0.25, 0.3) is 0 Å². The van der Waals surface area contributed by atoms with E-state index in [1.807, 2.05) is 6.20 Å². The van der Waals surface area contributed by atoms with E-state index in [1.165, 1.54) is 24.3 Å². The minimum Gasteiger partial charge on any atom is -0.317 e. The predicted molar refractivity (Wildman–Crippen MR) is 60.7 cm³/mol. The minimum absolute atomic E-state index is 0.682. The van der Waals surface area contributed by atoms with E-state index in [1.54, 1.807) is 11.3 Å². The third kappa shape index (κ3) is 1.98. The summed E-state index contributed by atoms with van der Waals surface area (Å²) in [6.45, 7) is 2.36. The number of thiazole rings is 1. The summed E-state index contributed by atoms with van der Waals surface area (Å²) >= 11 is 1.81. The Hall–Kier alpha value is -0.410. The molecule has 14 heavy (non-hydrogen) atoms. The molecule has 0 saturated heterocycles. The maximum atomic E-state index is 4.45. The van der Waals surface area contributed by atoms with Gasteiger partial charge in [0.15, 0.2) is 0 Å². The Morgan fingerprint density at radius 3 is 3.00 bits per heavy atom. The standard InChI is InChI=1S/C11H18N2S/c1-8-3-4-9(12-2)7-10(8)11-13-5-6-14-11/h5-6,8-10,12H,3-4,7H2,1-2H3. The molecule has 0 aromatic carbocycles. The van der Waals surface area contributed by atoms with Gasteiger partial charge in [-0.05, 0) is 32.2 Å². The molecular weight excluding hydrogens is 192 g/mol. The summed E-state index contributed by atoms with van der Waals surface area (Å²) in [5, 5.41) is 6.81. The van der Waals surface area contributed by atoms with Crippen molar-refractivity contribution in [1.29, 1.82) is 0 Å². The van der Waals surface area contributed by atoms with Crippen LogP contribution in [-0.4, -0.2) is 18.1 Å². The summed E-state index contributed by atoms with van der Waals surface area (Å²) in [5.74, 6) is 1.48. The quantitative estimate of drug-likeness (QED) is 0.811. The summed E-state index contributed by atoms with van der Waals surface area (Å²) < 4.78 is 0. The third-order valence-electron chi connectivity index (χ3n) is 3.37. The second kappa shape index (κ2) is 4.41. The molecule has 1 aliphatic carbocycles. The number of hydrogen-bond donors (Lipinski definition) is 1. The Morgan fingerprint density at radius 1 is 1.50 bits per heavy atom. The molecule has 1 heterocycles. The molecule has 0 bridgehead atoms. The van der Waals surface area contributed by atoms with Gasteiger partial charge in [0.25, 0.3) is 0 Å². The lowest BCUT2D eigenvalue weighted by atomic mass is 9.78. The molecule has 1 fully saturated rings. The lowest BCUT2D eigenvalue weighted by Crippen LogP contribution is -2.33. The van der Waals surface area contributed by atoms with E-state index in [4.69, 9.17) is 0 Å². The summed E-state index contributed by atoms with van der Waals surface area (Å²) in [6, 6.07) is 0.695. The van der Waals surface area contributed by atoms with Crippen molar-refractivity contribution in [3.63, 3.8) is 0 Å². The largest absolute Gasteiger partial charge is 0.317 e. The maximum absolute atomic E-state index is 4.45. The molecule has 3 atom stereocenters. The first-order chi connectivity index (χ1) is 6.81. The molecule has 0 radical (unpaired) electrons. The van der Waals surface area contributed by atoms with E-state index < -0.39 is 0 Å². The second-order valence-electron chi connectivity index (χ2n) is 4.25. The van der Waals surface area contributed by atoms with E-state index >= 15 is 0 Å². The van der Waals surface area contributed by atoms with Crippen LogP contribution in [0.15, 0.2) is 11.6 Å². The topological polar surface area (TPSA) is 24.9 Å². The molecule has 0 amide bonds. The van der Waals surface area contributed by atoms with Gasteiger partial charge in [0.2, 0.25) is 0 Å². The van der Waals surface area contributed by atoms with Crippen LogP contribution in [0.5, 0.6) is 0 Å². The fourth-order valence-electron chi connectivity index (χ4n) is 2.35. The van der Waals surface area contributed by atoms with Crippen LogP contribution in [0.2, 0.25) is 0 Å². The van der Waals surface area contributed by atoms with E-state index in [0.717, 1.165) is 5.92 Å². The second-order valence-corrected chi connectivity index (χ2v) is 5.18. The fourth-order valence-corrected chi connectivity index (χ4v) is 3.23. The molecule has 0 aliphatic heterocycles. The van der Waals surface area contributed by atoms with Gasteiger partial charge in [0, 0.05) is 23.5 Å². The van der Waals surface area contributed by atoms with Gasteiger partial charge in [-0.15, -0.1) is 11.3 Å². The van der Waals surface area contributed by atoms with Crippen LogP contribution < -0.4 is 5.32 Å². The highest BCUT2D eigenvalue weighted by molar-refractivity contribution is 7.09. The molecular formula is C11H18N2S. The molecule has 1 aromatic heterocycles. The summed E-state index contributed by atoms with van der Waals surface area (Å²) in [6.07, 6.45) is 5.83. The highest BCUT2D eigenvalue weighted by Gasteiger charge is 2.29. The van der Waals surface area contributed by atoms with Crippen molar-refractivity contribution in [1.82, 2.24) is 10.3 Å². The smallest absolute Gasteiger partial charge is 0.0959 e. The number of hydrogen-bond acceptors (Lipinski definition) is 3. The van der Waals surface area contributed by atoms with Crippen molar-refractivity contribution in [3.05, 3.63) is 16.6 Å². The Bertz CT molecular complexity index is 271. The SMILES string of the molecule is CNC1CCC(C)C(c2nccs2)C1. The average Bonchev–Trinajstić information content (AvgIpc) is 2.71. The Balaban J connectivity index is 2.09. The van der Waals surface area contributed by atoms with Gasteiger partial charge < -0.3 is 5.32 Å². The molecule has 1 N–H and O–H groups in total. The van der Waals surface area contributed by atoms with Crippen LogP contribution in [-0.2, 0) is 0 Å². The average molecular weight is 210 g/mol. The minimum atomic E-state index is 0.682. The van der Waals surface area contributed by atoms with Crippen LogP contribution in [0.1, 0.15) is 37.1 Å². The summed E-state index contributed by atoms with van der Waals surface area (Å²) in [4.78, 5) is 4.45. The van der Waals surface area contributed by atoms with E-state index in [-0.39, 0.29) is 0 Å². The van der Waals surface area contributed by atoms with Gasteiger partial charge in [-0.2, -0.15) is 0 Å². The highest BCUT2D eigenvalue weighted by atomic mass is 32.1. The number of nitrogens with one attached hydrogen (secondary N) is 1. The lowest BCUT2D eigenvalue weighted by Gasteiger charge is -2.32. The van der Waals surface area contributed by atoms with Gasteiger partial charge in [0.05, 0.1) is 5.01 Å². The van der Waals surface area contributed by atoms with Gasteiger partial charge >= 0.3 is 0 Å². The van der Waals surface area contributed by atoms with E-state index in [2.05, 4.69) is 29.7 Å². The molecule has 0 spiro atoms.